The molecule has 1 N–H and O–H groups in total. The van der Waals surface area contributed by atoms with Gasteiger partial charge in [0.2, 0.25) is 0 Å². The summed E-state index contributed by atoms with van der Waals surface area (Å²) in [6, 6.07) is 10.7. The van der Waals surface area contributed by atoms with Gasteiger partial charge in [-0.1, -0.05) is 19.1 Å². The highest BCUT2D eigenvalue weighted by Crippen LogP contribution is 2.28. The molecule has 6 nitrogen and oxygen atoms in total. The summed E-state index contributed by atoms with van der Waals surface area (Å²) in [5.74, 6) is 0.0695. The van der Waals surface area contributed by atoms with E-state index in [9.17, 15) is 16.8 Å². The van der Waals surface area contributed by atoms with Gasteiger partial charge in [-0.05, 0) is 42.3 Å². The van der Waals surface area contributed by atoms with Gasteiger partial charge in [-0.25, -0.2) is 16.8 Å². The molecule has 0 atom stereocenters. The van der Waals surface area contributed by atoms with E-state index in [2.05, 4.69) is 4.72 Å². The standard InChI is InChI=1S/C16H19NO5S2/c1-4-12-5-7-13(8-6-12)17-24(20,21)16-11-14(23(3,18)19)9-10-15(16)22-2/h5-11,17H,4H2,1-3H3. The van der Waals surface area contributed by atoms with Gasteiger partial charge in [-0.15, -0.1) is 0 Å². The van der Waals surface area contributed by atoms with Crippen LogP contribution in [-0.4, -0.2) is 30.2 Å². The van der Waals surface area contributed by atoms with Crippen molar-refractivity contribution in [1.82, 2.24) is 0 Å². The van der Waals surface area contributed by atoms with Crippen LogP contribution in [-0.2, 0) is 26.3 Å². The maximum absolute atomic E-state index is 12.6. The summed E-state index contributed by atoms with van der Waals surface area (Å²) in [6.45, 7) is 2.00. The lowest BCUT2D eigenvalue weighted by Gasteiger charge is -2.13. The molecule has 0 aromatic heterocycles. The van der Waals surface area contributed by atoms with E-state index in [1.807, 2.05) is 19.1 Å². The van der Waals surface area contributed by atoms with Crippen molar-refractivity contribution in [3.05, 3.63) is 48.0 Å². The summed E-state index contributed by atoms with van der Waals surface area (Å²) in [4.78, 5) is -0.322. The van der Waals surface area contributed by atoms with Crippen molar-refractivity contribution < 1.29 is 21.6 Å². The Morgan fingerprint density at radius 2 is 1.62 bits per heavy atom. The molecule has 0 spiro atoms. The Morgan fingerprint density at radius 1 is 1.00 bits per heavy atom. The van der Waals surface area contributed by atoms with E-state index in [0.29, 0.717) is 5.69 Å². The van der Waals surface area contributed by atoms with Crippen molar-refractivity contribution in [2.45, 2.75) is 23.1 Å². The molecule has 2 aromatic carbocycles. The van der Waals surface area contributed by atoms with E-state index < -0.39 is 19.9 Å². The topological polar surface area (TPSA) is 89.5 Å². The highest BCUT2D eigenvalue weighted by atomic mass is 32.2. The van der Waals surface area contributed by atoms with Crippen LogP contribution >= 0.6 is 0 Å². The van der Waals surface area contributed by atoms with Crippen LogP contribution in [0, 0.1) is 0 Å². The minimum atomic E-state index is -4.00. The van der Waals surface area contributed by atoms with Crippen LogP contribution in [0.1, 0.15) is 12.5 Å². The third-order valence-corrected chi connectivity index (χ3v) is 5.98. The van der Waals surface area contributed by atoms with E-state index in [4.69, 9.17) is 4.74 Å². The third kappa shape index (κ3) is 4.07. The minimum absolute atomic E-state index is 0.0695. The second-order valence-electron chi connectivity index (χ2n) is 5.24. The molecule has 0 amide bonds. The minimum Gasteiger partial charge on any atom is -0.495 e. The van der Waals surface area contributed by atoms with Crippen molar-refractivity contribution in [2.75, 3.05) is 18.1 Å². The SMILES string of the molecule is CCc1ccc(NS(=O)(=O)c2cc(S(C)(=O)=O)ccc2OC)cc1. The summed E-state index contributed by atoms with van der Waals surface area (Å²) in [7, 11) is -6.21. The van der Waals surface area contributed by atoms with E-state index in [1.165, 1.54) is 19.2 Å². The fourth-order valence-electron chi connectivity index (χ4n) is 2.12. The largest absolute Gasteiger partial charge is 0.495 e. The molecule has 0 fully saturated rings. The van der Waals surface area contributed by atoms with Crippen LogP contribution in [0.15, 0.2) is 52.3 Å². The molecule has 0 bridgehead atoms. The molecule has 0 saturated carbocycles. The number of anilines is 1. The Hall–Kier alpha value is -2.06. The highest BCUT2D eigenvalue weighted by Gasteiger charge is 2.22. The molecule has 2 rings (SSSR count). The maximum atomic E-state index is 12.6. The molecule has 0 heterocycles. The number of nitrogens with one attached hydrogen (secondary N) is 1. The van der Waals surface area contributed by atoms with Gasteiger partial charge in [-0.2, -0.15) is 0 Å². The molecule has 0 aliphatic heterocycles. The first-order valence-corrected chi connectivity index (χ1v) is 10.5. The molecule has 0 unspecified atom stereocenters. The number of hydrogen-bond acceptors (Lipinski definition) is 5. The molecule has 0 aliphatic carbocycles. The first-order valence-electron chi connectivity index (χ1n) is 7.17. The number of methoxy groups -OCH3 is 1. The predicted octanol–water partition coefficient (Wildman–Crippen LogP) is 2.46. The van der Waals surface area contributed by atoms with Crippen molar-refractivity contribution in [3.63, 3.8) is 0 Å². The average Bonchev–Trinajstić information content (AvgIpc) is 2.53. The van der Waals surface area contributed by atoms with Crippen LogP contribution in [0.5, 0.6) is 5.75 Å². The number of rotatable bonds is 6. The predicted molar refractivity (Wildman–Crippen MR) is 92.7 cm³/mol. The first kappa shape index (κ1) is 18.3. The molecule has 24 heavy (non-hydrogen) atoms. The normalized spacial score (nSPS) is 12.0. The lowest BCUT2D eigenvalue weighted by molar-refractivity contribution is 0.402. The van der Waals surface area contributed by atoms with Gasteiger partial charge in [0.1, 0.15) is 10.6 Å². The lowest BCUT2D eigenvalue weighted by Crippen LogP contribution is -2.15. The van der Waals surface area contributed by atoms with Gasteiger partial charge in [0, 0.05) is 11.9 Å². The molecule has 130 valence electrons. The smallest absolute Gasteiger partial charge is 0.265 e. The van der Waals surface area contributed by atoms with Crippen molar-refractivity contribution >= 4 is 25.5 Å². The zero-order chi connectivity index (χ0) is 18.0. The average molecular weight is 369 g/mol. The van der Waals surface area contributed by atoms with Crippen molar-refractivity contribution in [1.29, 1.82) is 0 Å². The van der Waals surface area contributed by atoms with Crippen molar-refractivity contribution in [2.24, 2.45) is 0 Å². The van der Waals surface area contributed by atoms with E-state index in [-0.39, 0.29) is 15.5 Å². The second-order valence-corrected chi connectivity index (χ2v) is 8.91. The molecule has 2 aromatic rings. The second kappa shape index (κ2) is 6.82. The summed E-state index contributed by atoms with van der Waals surface area (Å²) in [5.41, 5.74) is 1.47. The van der Waals surface area contributed by atoms with Gasteiger partial charge >= 0.3 is 0 Å². The Morgan fingerprint density at radius 3 is 2.12 bits per heavy atom. The van der Waals surface area contributed by atoms with Gasteiger partial charge in [0.15, 0.2) is 9.84 Å². The summed E-state index contributed by atoms with van der Waals surface area (Å²) < 4.78 is 56.1. The van der Waals surface area contributed by atoms with E-state index in [1.54, 1.807) is 12.1 Å². The Kier molecular flexibility index (Phi) is 5.19. The molecular weight excluding hydrogens is 350 g/mol. The highest BCUT2D eigenvalue weighted by molar-refractivity contribution is 7.93. The number of benzene rings is 2. The number of sulfonamides is 1. The van der Waals surface area contributed by atoms with Gasteiger partial charge in [0.25, 0.3) is 10.0 Å². The molecule has 0 saturated heterocycles. The summed E-state index contributed by atoms with van der Waals surface area (Å²) in [6.07, 6.45) is 1.86. The molecule has 8 heteroatoms. The maximum Gasteiger partial charge on any atom is 0.265 e. The van der Waals surface area contributed by atoms with E-state index >= 15 is 0 Å². The lowest BCUT2D eigenvalue weighted by atomic mass is 10.2. The fourth-order valence-corrected chi connectivity index (χ4v) is 4.09. The van der Waals surface area contributed by atoms with E-state index in [0.717, 1.165) is 24.3 Å². The number of sulfone groups is 1. The summed E-state index contributed by atoms with van der Waals surface area (Å²) in [5, 5.41) is 0. The number of aryl methyl sites for hydroxylation is 1. The fraction of sp³-hybridized carbons (Fsp3) is 0.250. The Balaban J connectivity index is 2.47. The van der Waals surface area contributed by atoms with Crippen LogP contribution < -0.4 is 9.46 Å². The Labute approximate surface area is 142 Å². The van der Waals surface area contributed by atoms with Crippen LogP contribution in [0.4, 0.5) is 5.69 Å². The van der Waals surface area contributed by atoms with Gasteiger partial charge in [-0.3, -0.25) is 4.72 Å². The van der Waals surface area contributed by atoms with Gasteiger partial charge in [0.05, 0.1) is 12.0 Å². The number of hydrogen-bond donors (Lipinski definition) is 1. The van der Waals surface area contributed by atoms with Gasteiger partial charge < -0.3 is 4.74 Å². The molecule has 0 radical (unpaired) electrons. The Bertz CT molecular complexity index is 933. The quantitative estimate of drug-likeness (QED) is 0.845. The number of ether oxygens (including phenoxy) is 1. The zero-order valence-corrected chi connectivity index (χ0v) is 15.2. The molecular formula is C16H19NO5S2. The van der Waals surface area contributed by atoms with Crippen LogP contribution in [0.3, 0.4) is 0 Å². The summed E-state index contributed by atoms with van der Waals surface area (Å²) >= 11 is 0. The zero-order valence-electron chi connectivity index (χ0n) is 13.6. The molecule has 0 aliphatic rings. The monoisotopic (exact) mass is 369 g/mol. The van der Waals surface area contributed by atoms with Crippen LogP contribution in [0.25, 0.3) is 0 Å². The first-order chi connectivity index (χ1) is 11.2. The third-order valence-electron chi connectivity index (χ3n) is 3.47. The van der Waals surface area contributed by atoms with Crippen molar-refractivity contribution in [3.8, 4) is 5.75 Å². The van der Waals surface area contributed by atoms with Crippen LogP contribution in [0.2, 0.25) is 0 Å².